The maximum absolute atomic E-state index is 5.80. The summed E-state index contributed by atoms with van der Waals surface area (Å²) in [5, 5.41) is 3.85. The van der Waals surface area contributed by atoms with E-state index in [4.69, 9.17) is 9.40 Å². The molecule has 4 bridgehead atoms. The van der Waals surface area contributed by atoms with Crippen LogP contribution in [0.15, 0.2) is 65.3 Å². The third-order valence-corrected chi connectivity index (χ3v) is 7.54. The van der Waals surface area contributed by atoms with Crippen molar-refractivity contribution in [2.75, 3.05) is 0 Å². The van der Waals surface area contributed by atoms with Gasteiger partial charge in [0.1, 0.15) is 6.26 Å². The predicted molar refractivity (Wildman–Crippen MR) is 115 cm³/mol. The van der Waals surface area contributed by atoms with Gasteiger partial charge in [0, 0.05) is 18.2 Å². The van der Waals surface area contributed by atoms with Gasteiger partial charge in [-0.3, -0.25) is 0 Å². The van der Waals surface area contributed by atoms with Crippen molar-refractivity contribution in [3.05, 3.63) is 66.6 Å². The topological polar surface area (TPSA) is 38.1 Å². The zero-order chi connectivity index (χ0) is 19.2. The monoisotopic (exact) mass is 384 g/mol. The second kappa shape index (κ2) is 7.14. The van der Waals surface area contributed by atoms with Gasteiger partial charge in [0.05, 0.1) is 5.69 Å². The summed E-state index contributed by atoms with van der Waals surface area (Å²) in [6, 6.07) is 19.6. The second-order valence-electron chi connectivity index (χ2n) is 9.42. The van der Waals surface area contributed by atoms with Gasteiger partial charge in [-0.15, -0.1) is 0 Å². The molecule has 0 radical (unpaired) electrons. The Kier molecular flexibility index (Phi) is 4.30. The fourth-order valence-corrected chi connectivity index (χ4v) is 6.44. The molecule has 4 aliphatic rings. The fourth-order valence-electron chi connectivity index (χ4n) is 6.44. The first-order valence-electron chi connectivity index (χ1n) is 11.2. The Balaban J connectivity index is 1.12. The van der Waals surface area contributed by atoms with E-state index in [1.54, 1.807) is 0 Å². The number of rotatable bonds is 5. The Bertz CT molecular complexity index is 947. The molecular formula is C26H28N2O. The highest BCUT2D eigenvalue weighted by Crippen LogP contribution is 2.53. The van der Waals surface area contributed by atoms with Crippen LogP contribution in [0, 0.1) is 23.7 Å². The molecule has 0 unspecified atom stereocenters. The molecule has 3 heteroatoms. The Morgan fingerprint density at radius 1 is 0.759 bits per heavy atom. The third-order valence-electron chi connectivity index (χ3n) is 7.54. The maximum Gasteiger partial charge on any atom is 0.226 e. The first-order valence-corrected chi connectivity index (χ1v) is 11.2. The van der Waals surface area contributed by atoms with E-state index in [1.165, 1.54) is 43.2 Å². The lowest BCUT2D eigenvalue weighted by atomic mass is 9.54. The summed E-state index contributed by atoms with van der Waals surface area (Å²) in [4.78, 5) is 4.76. The zero-order valence-electron chi connectivity index (χ0n) is 16.8. The molecule has 4 fully saturated rings. The summed E-state index contributed by atoms with van der Waals surface area (Å²) in [5.74, 6) is 4.54. The molecule has 3 aromatic rings. The number of nitrogens with one attached hydrogen (secondary N) is 1. The van der Waals surface area contributed by atoms with E-state index in [2.05, 4.69) is 53.8 Å². The van der Waals surface area contributed by atoms with Gasteiger partial charge in [0.2, 0.25) is 5.89 Å². The average molecular weight is 385 g/mol. The van der Waals surface area contributed by atoms with E-state index < -0.39 is 0 Å². The zero-order valence-corrected chi connectivity index (χ0v) is 16.8. The van der Waals surface area contributed by atoms with Gasteiger partial charge in [0.15, 0.2) is 0 Å². The van der Waals surface area contributed by atoms with Crippen LogP contribution in [0.3, 0.4) is 0 Å². The van der Waals surface area contributed by atoms with Crippen molar-refractivity contribution >= 4 is 0 Å². The molecule has 1 heterocycles. The lowest BCUT2D eigenvalue weighted by Gasteiger charge is -2.54. The number of aromatic nitrogens is 1. The van der Waals surface area contributed by atoms with E-state index in [9.17, 15) is 0 Å². The first kappa shape index (κ1) is 17.5. The van der Waals surface area contributed by atoms with Crippen molar-refractivity contribution < 1.29 is 4.42 Å². The first-order chi connectivity index (χ1) is 14.3. The summed E-state index contributed by atoms with van der Waals surface area (Å²) >= 11 is 0. The number of benzene rings is 2. The highest BCUT2D eigenvalue weighted by atomic mass is 16.3. The number of hydrogen-bond acceptors (Lipinski definition) is 3. The van der Waals surface area contributed by atoms with E-state index in [1.807, 2.05) is 12.3 Å². The van der Waals surface area contributed by atoms with Gasteiger partial charge in [-0.1, -0.05) is 42.5 Å². The smallest absolute Gasteiger partial charge is 0.226 e. The summed E-state index contributed by atoms with van der Waals surface area (Å²) in [6.45, 7) is 0.818. The molecule has 0 aliphatic heterocycles. The van der Waals surface area contributed by atoms with Crippen LogP contribution in [-0.4, -0.2) is 11.0 Å². The molecule has 0 saturated heterocycles. The van der Waals surface area contributed by atoms with Gasteiger partial charge < -0.3 is 9.73 Å². The lowest BCUT2D eigenvalue weighted by Crippen LogP contribution is -2.54. The van der Waals surface area contributed by atoms with Crippen LogP contribution in [0.5, 0.6) is 0 Å². The molecule has 1 aromatic heterocycles. The van der Waals surface area contributed by atoms with Crippen LogP contribution in [0.4, 0.5) is 0 Å². The lowest BCUT2D eigenvalue weighted by molar-refractivity contribution is -0.0143. The van der Waals surface area contributed by atoms with Crippen LogP contribution in [-0.2, 0) is 6.54 Å². The molecule has 29 heavy (non-hydrogen) atoms. The minimum Gasteiger partial charge on any atom is -0.444 e. The van der Waals surface area contributed by atoms with Crippen LogP contribution in [0.25, 0.3) is 22.6 Å². The van der Waals surface area contributed by atoms with E-state index in [0.29, 0.717) is 11.9 Å². The molecule has 1 N–H and O–H groups in total. The Morgan fingerprint density at radius 3 is 2.07 bits per heavy atom. The highest BCUT2D eigenvalue weighted by molar-refractivity contribution is 5.67. The van der Waals surface area contributed by atoms with E-state index >= 15 is 0 Å². The molecule has 148 valence electrons. The van der Waals surface area contributed by atoms with Crippen LogP contribution < -0.4 is 5.32 Å². The van der Waals surface area contributed by atoms with Gasteiger partial charge in [-0.2, -0.15) is 0 Å². The van der Waals surface area contributed by atoms with E-state index in [-0.39, 0.29) is 0 Å². The molecule has 4 saturated carbocycles. The maximum atomic E-state index is 5.80. The van der Waals surface area contributed by atoms with Crippen molar-refractivity contribution in [1.29, 1.82) is 0 Å². The quantitative estimate of drug-likeness (QED) is 0.593. The van der Waals surface area contributed by atoms with Crippen molar-refractivity contribution in [1.82, 2.24) is 10.3 Å². The normalized spacial score (nSPS) is 30.0. The van der Waals surface area contributed by atoms with Crippen LogP contribution in [0.1, 0.15) is 37.8 Å². The Morgan fingerprint density at radius 2 is 1.38 bits per heavy atom. The standard InChI is InChI=1S/C26H28N2O/c1-2-4-19(5-3-1)20-6-8-21(9-7-20)26-28-24(16-29-26)15-27-25-22-11-17-10-18(13-22)14-23(25)12-17/h1-9,16-18,22-23,25,27H,10-15H2. The molecular weight excluding hydrogens is 356 g/mol. The Hall–Kier alpha value is -2.39. The second-order valence-corrected chi connectivity index (χ2v) is 9.42. The van der Waals surface area contributed by atoms with Gasteiger partial charge >= 0.3 is 0 Å². The number of oxazole rings is 1. The molecule has 0 atom stereocenters. The van der Waals surface area contributed by atoms with Crippen LogP contribution >= 0.6 is 0 Å². The predicted octanol–water partition coefficient (Wildman–Crippen LogP) is 5.92. The molecule has 2 aromatic carbocycles. The van der Waals surface area contributed by atoms with Crippen molar-refractivity contribution in [3.63, 3.8) is 0 Å². The Labute approximate surface area is 172 Å². The van der Waals surface area contributed by atoms with Crippen molar-refractivity contribution in [2.24, 2.45) is 23.7 Å². The summed E-state index contributed by atoms with van der Waals surface area (Å²) < 4.78 is 5.80. The summed E-state index contributed by atoms with van der Waals surface area (Å²) in [6.07, 6.45) is 9.12. The van der Waals surface area contributed by atoms with Crippen molar-refractivity contribution in [2.45, 2.75) is 44.7 Å². The van der Waals surface area contributed by atoms with Crippen molar-refractivity contribution in [3.8, 4) is 22.6 Å². The summed E-state index contributed by atoms with van der Waals surface area (Å²) in [7, 11) is 0. The summed E-state index contributed by atoms with van der Waals surface area (Å²) in [5.41, 5.74) is 4.49. The largest absolute Gasteiger partial charge is 0.444 e. The van der Waals surface area contributed by atoms with Gasteiger partial charge in [-0.05, 0) is 79.0 Å². The SMILES string of the molecule is c1ccc(-c2ccc(-c3nc(CNC4C5CC6CC(C5)CC4C6)co3)cc2)cc1. The molecule has 7 rings (SSSR count). The highest BCUT2D eigenvalue weighted by Gasteiger charge is 2.47. The molecule has 4 aliphatic carbocycles. The van der Waals surface area contributed by atoms with Crippen LogP contribution in [0.2, 0.25) is 0 Å². The molecule has 0 amide bonds. The van der Waals surface area contributed by atoms with Gasteiger partial charge in [0.25, 0.3) is 0 Å². The number of hydrogen-bond donors (Lipinski definition) is 1. The molecule has 0 spiro atoms. The minimum absolute atomic E-state index is 0.688. The minimum atomic E-state index is 0.688. The average Bonchev–Trinajstić information content (AvgIpc) is 3.23. The number of nitrogens with zero attached hydrogens (tertiary/aromatic N) is 1. The fraction of sp³-hybridized carbons (Fsp3) is 0.423. The van der Waals surface area contributed by atoms with Gasteiger partial charge in [-0.25, -0.2) is 4.98 Å². The molecule has 3 nitrogen and oxygen atoms in total. The third kappa shape index (κ3) is 3.32. The van der Waals surface area contributed by atoms with E-state index in [0.717, 1.165) is 41.5 Å².